The van der Waals surface area contributed by atoms with Gasteiger partial charge in [0.05, 0.1) is 0 Å². The highest BCUT2D eigenvalue weighted by atomic mass is 16.7. The van der Waals surface area contributed by atoms with Gasteiger partial charge in [0.2, 0.25) is 6.79 Å². The molecule has 0 aliphatic carbocycles. The number of aryl methyl sites for hydroxylation is 1. The van der Waals surface area contributed by atoms with E-state index < -0.39 is 0 Å². The Hall–Kier alpha value is -2.29. The fourth-order valence-electron chi connectivity index (χ4n) is 2.47. The van der Waals surface area contributed by atoms with Gasteiger partial charge < -0.3 is 14.3 Å². The van der Waals surface area contributed by atoms with Crippen LogP contribution in [0.2, 0.25) is 0 Å². The third-order valence-corrected chi connectivity index (χ3v) is 3.53. The molecule has 0 saturated heterocycles. The third kappa shape index (κ3) is 2.52. The first-order valence-corrected chi connectivity index (χ1v) is 6.66. The molecule has 102 valence electrons. The van der Waals surface area contributed by atoms with Crippen LogP contribution in [-0.2, 0) is 11.2 Å². The van der Waals surface area contributed by atoms with Gasteiger partial charge in [-0.2, -0.15) is 0 Å². The Balaban J connectivity index is 1.83. The summed E-state index contributed by atoms with van der Waals surface area (Å²) in [4.78, 5) is 11.4. The summed E-state index contributed by atoms with van der Waals surface area (Å²) >= 11 is 0. The molecule has 1 aliphatic rings. The minimum absolute atomic E-state index is 0.129. The number of carbonyl (C=O) groups excluding carboxylic acids is 1. The smallest absolute Gasteiger partial charge is 0.231 e. The molecular weight excluding hydrogens is 252 g/mol. The minimum atomic E-state index is -0.129. The third-order valence-electron chi connectivity index (χ3n) is 3.53. The lowest BCUT2D eigenvalue weighted by Crippen LogP contribution is -2.04. The highest BCUT2D eigenvalue weighted by Gasteiger charge is 2.16. The van der Waals surface area contributed by atoms with Crippen molar-refractivity contribution in [2.45, 2.75) is 19.3 Å². The summed E-state index contributed by atoms with van der Waals surface area (Å²) in [6, 6.07) is 13.9. The lowest BCUT2D eigenvalue weighted by atomic mass is 9.92. The molecule has 1 aliphatic heterocycles. The van der Waals surface area contributed by atoms with Crippen LogP contribution in [0.25, 0.3) is 0 Å². The molecule has 0 saturated carbocycles. The van der Waals surface area contributed by atoms with Crippen LogP contribution in [-0.4, -0.2) is 13.1 Å². The standard InChI is InChI=1S/C17H16O3/c1-12-3-2-4-14(7-12)15(10-18)8-13-5-6-16-17(9-13)20-11-19-16/h2-7,9-10,15H,8,11H2,1H3. The van der Waals surface area contributed by atoms with Gasteiger partial charge in [0.15, 0.2) is 11.5 Å². The van der Waals surface area contributed by atoms with E-state index in [2.05, 4.69) is 6.07 Å². The average molecular weight is 268 g/mol. The van der Waals surface area contributed by atoms with Crippen molar-refractivity contribution < 1.29 is 14.3 Å². The Bertz CT molecular complexity index is 634. The van der Waals surface area contributed by atoms with Crippen molar-refractivity contribution in [2.24, 2.45) is 0 Å². The molecule has 2 aromatic rings. The van der Waals surface area contributed by atoms with E-state index in [1.165, 1.54) is 5.56 Å². The number of aldehydes is 1. The first-order chi connectivity index (χ1) is 9.76. The van der Waals surface area contributed by atoms with Gasteiger partial charge in [-0.25, -0.2) is 0 Å². The molecule has 0 amide bonds. The highest BCUT2D eigenvalue weighted by Crippen LogP contribution is 2.33. The highest BCUT2D eigenvalue weighted by molar-refractivity contribution is 5.63. The molecule has 0 spiro atoms. The number of benzene rings is 2. The molecule has 0 fully saturated rings. The van der Waals surface area contributed by atoms with Crippen LogP contribution < -0.4 is 9.47 Å². The number of hydrogen-bond donors (Lipinski definition) is 0. The van der Waals surface area contributed by atoms with Crippen LogP contribution in [0.5, 0.6) is 11.5 Å². The summed E-state index contributed by atoms with van der Waals surface area (Å²) in [6.07, 6.45) is 1.68. The molecule has 3 rings (SSSR count). The van der Waals surface area contributed by atoms with Crippen LogP contribution in [0.1, 0.15) is 22.6 Å². The predicted octanol–water partition coefficient (Wildman–Crippen LogP) is 3.25. The number of carbonyl (C=O) groups is 1. The minimum Gasteiger partial charge on any atom is -0.454 e. The monoisotopic (exact) mass is 268 g/mol. The Morgan fingerprint density at radius 2 is 2.00 bits per heavy atom. The lowest BCUT2D eigenvalue weighted by molar-refractivity contribution is -0.109. The lowest BCUT2D eigenvalue weighted by Gasteiger charge is -2.12. The van der Waals surface area contributed by atoms with E-state index in [-0.39, 0.29) is 12.7 Å². The van der Waals surface area contributed by atoms with Gasteiger partial charge in [-0.15, -0.1) is 0 Å². The fraction of sp³-hybridized carbons (Fsp3) is 0.235. The zero-order chi connectivity index (χ0) is 13.9. The van der Waals surface area contributed by atoms with Crippen molar-refractivity contribution in [1.82, 2.24) is 0 Å². The first-order valence-electron chi connectivity index (χ1n) is 6.66. The summed E-state index contributed by atoms with van der Waals surface area (Å²) in [5.74, 6) is 1.40. The largest absolute Gasteiger partial charge is 0.454 e. The number of hydrogen-bond acceptors (Lipinski definition) is 3. The van der Waals surface area contributed by atoms with Crippen molar-refractivity contribution in [1.29, 1.82) is 0 Å². The molecular formula is C17H16O3. The van der Waals surface area contributed by atoms with Crippen molar-refractivity contribution in [3.63, 3.8) is 0 Å². The number of ether oxygens (including phenoxy) is 2. The molecule has 0 radical (unpaired) electrons. The zero-order valence-electron chi connectivity index (χ0n) is 11.3. The molecule has 3 nitrogen and oxygen atoms in total. The normalized spacial score (nSPS) is 14.1. The maximum absolute atomic E-state index is 11.4. The van der Waals surface area contributed by atoms with Gasteiger partial charge in [0.1, 0.15) is 6.29 Å². The second kappa shape index (κ2) is 5.37. The van der Waals surface area contributed by atoms with Crippen LogP contribution in [0.3, 0.4) is 0 Å². The van der Waals surface area contributed by atoms with Gasteiger partial charge in [-0.1, -0.05) is 35.9 Å². The van der Waals surface area contributed by atoms with Crippen LogP contribution >= 0.6 is 0 Å². The molecule has 1 atom stereocenters. The summed E-state index contributed by atoms with van der Waals surface area (Å²) in [5.41, 5.74) is 3.30. The zero-order valence-corrected chi connectivity index (χ0v) is 11.3. The quantitative estimate of drug-likeness (QED) is 0.798. The fourth-order valence-corrected chi connectivity index (χ4v) is 2.47. The van der Waals surface area contributed by atoms with Crippen molar-refractivity contribution >= 4 is 6.29 Å². The van der Waals surface area contributed by atoms with Gasteiger partial charge in [0, 0.05) is 5.92 Å². The Morgan fingerprint density at radius 1 is 1.15 bits per heavy atom. The summed E-state index contributed by atoms with van der Waals surface area (Å²) < 4.78 is 10.7. The molecule has 1 heterocycles. The molecule has 1 unspecified atom stereocenters. The van der Waals surface area contributed by atoms with E-state index in [9.17, 15) is 4.79 Å². The second-order valence-electron chi connectivity index (χ2n) is 5.05. The van der Waals surface area contributed by atoms with Gasteiger partial charge in [0.25, 0.3) is 0 Å². The number of rotatable bonds is 4. The van der Waals surface area contributed by atoms with Gasteiger partial charge in [-0.3, -0.25) is 0 Å². The van der Waals surface area contributed by atoms with E-state index >= 15 is 0 Å². The predicted molar refractivity (Wildman–Crippen MR) is 76.3 cm³/mol. The second-order valence-corrected chi connectivity index (χ2v) is 5.05. The molecule has 2 aromatic carbocycles. The topological polar surface area (TPSA) is 35.5 Å². The summed E-state index contributed by atoms with van der Waals surface area (Å²) in [7, 11) is 0. The molecule has 0 bridgehead atoms. The molecule has 0 N–H and O–H groups in total. The van der Waals surface area contributed by atoms with Crippen molar-refractivity contribution in [3.05, 3.63) is 59.2 Å². The van der Waals surface area contributed by atoms with E-state index in [1.54, 1.807) is 0 Å². The molecule has 0 aromatic heterocycles. The average Bonchev–Trinajstić information content (AvgIpc) is 2.92. The maximum atomic E-state index is 11.4. The molecule has 20 heavy (non-hydrogen) atoms. The SMILES string of the molecule is Cc1cccc(C(C=O)Cc2ccc3c(c2)OCO3)c1. The van der Waals surface area contributed by atoms with Gasteiger partial charge >= 0.3 is 0 Å². The van der Waals surface area contributed by atoms with E-state index in [4.69, 9.17) is 9.47 Å². The van der Waals surface area contributed by atoms with Crippen LogP contribution in [0.15, 0.2) is 42.5 Å². The van der Waals surface area contributed by atoms with E-state index in [1.807, 2.05) is 43.3 Å². The Morgan fingerprint density at radius 3 is 2.80 bits per heavy atom. The Kier molecular flexibility index (Phi) is 3.42. The maximum Gasteiger partial charge on any atom is 0.231 e. The van der Waals surface area contributed by atoms with E-state index in [0.717, 1.165) is 28.9 Å². The van der Waals surface area contributed by atoms with Crippen molar-refractivity contribution in [2.75, 3.05) is 6.79 Å². The number of fused-ring (bicyclic) bond motifs is 1. The van der Waals surface area contributed by atoms with E-state index in [0.29, 0.717) is 6.42 Å². The van der Waals surface area contributed by atoms with Crippen LogP contribution in [0, 0.1) is 6.92 Å². The van der Waals surface area contributed by atoms with Crippen molar-refractivity contribution in [3.8, 4) is 11.5 Å². The van der Waals surface area contributed by atoms with Gasteiger partial charge in [-0.05, 0) is 36.6 Å². The molecule has 3 heteroatoms. The summed E-state index contributed by atoms with van der Waals surface area (Å²) in [6.45, 7) is 2.31. The first kappa shape index (κ1) is 12.7. The van der Waals surface area contributed by atoms with Crippen LogP contribution in [0.4, 0.5) is 0 Å². The Labute approximate surface area is 118 Å². The summed E-state index contributed by atoms with van der Waals surface area (Å²) in [5, 5.41) is 0.